The van der Waals surface area contributed by atoms with Crippen molar-refractivity contribution in [2.24, 2.45) is 5.92 Å². The maximum Gasteiger partial charge on any atom is 0.322 e. The number of rotatable bonds is 12. The number of carbonyl (C=O) groups excluding carboxylic acids is 4. The van der Waals surface area contributed by atoms with E-state index in [0.29, 0.717) is 9.87 Å². The number of ether oxygens (including phenoxy) is 5. The van der Waals surface area contributed by atoms with Gasteiger partial charge in [0.25, 0.3) is 0 Å². The van der Waals surface area contributed by atoms with E-state index >= 15 is 0 Å². The Labute approximate surface area is 266 Å². The standard InChI is InChI=1S/C31H37NO13S/c1-17(2)26(31(37)38)32(46(39,40)24-14-12-23(13-15-24)22-10-8-7-9-11-22)30-29(44-21(6)36)28(43-20(5)35)27(42-19(4)34)25(45-30)16-41-18(3)33/h7-15,17,25-30H,16H2,1-6H3,(H,37,38)/t25-,26-,27-,28+,29-,30-/m1/s1. The molecule has 3 rings (SSSR count). The summed E-state index contributed by atoms with van der Waals surface area (Å²) in [5.74, 6) is -6.02. The molecule has 15 heteroatoms. The second kappa shape index (κ2) is 15.3. The quantitative estimate of drug-likeness (QED) is 0.258. The highest BCUT2D eigenvalue weighted by Gasteiger charge is 2.58. The SMILES string of the molecule is CC(=O)OC[C@H]1O[C@@H](N([C@@H](C(=O)O)C(C)C)S(=O)(=O)c2ccc(-c3ccccc3)cc2)[C@H](OC(C)=O)[C@@H](OC(C)=O)[C@@H]1OC(C)=O. The molecule has 1 aliphatic heterocycles. The average molecular weight is 664 g/mol. The van der Waals surface area contributed by atoms with E-state index in [1.165, 1.54) is 26.0 Å². The summed E-state index contributed by atoms with van der Waals surface area (Å²) in [5.41, 5.74) is 1.48. The number of carbonyl (C=O) groups is 5. The molecule has 6 atom stereocenters. The summed E-state index contributed by atoms with van der Waals surface area (Å²) in [4.78, 5) is 60.9. The highest BCUT2D eigenvalue weighted by Crippen LogP contribution is 2.36. The van der Waals surface area contributed by atoms with Crippen LogP contribution in [0.5, 0.6) is 0 Å². The largest absolute Gasteiger partial charge is 0.480 e. The number of carboxylic acid groups (broad SMARTS) is 1. The fraction of sp³-hybridized carbons (Fsp3) is 0.452. The molecule has 2 aromatic rings. The summed E-state index contributed by atoms with van der Waals surface area (Å²) in [6, 6.07) is 12.9. The van der Waals surface area contributed by atoms with Gasteiger partial charge in [-0.3, -0.25) is 24.0 Å². The maximum atomic E-state index is 14.5. The normalized spacial score (nSPS) is 22.0. The minimum Gasteiger partial charge on any atom is -0.480 e. The fourth-order valence-electron chi connectivity index (χ4n) is 5.11. The smallest absolute Gasteiger partial charge is 0.322 e. The van der Waals surface area contributed by atoms with Crippen molar-refractivity contribution >= 4 is 39.9 Å². The number of carboxylic acids is 1. The maximum absolute atomic E-state index is 14.5. The van der Waals surface area contributed by atoms with Crippen LogP contribution in [-0.4, -0.2) is 91.0 Å². The number of esters is 4. The summed E-state index contributed by atoms with van der Waals surface area (Å²) < 4.78 is 56.9. The van der Waals surface area contributed by atoms with E-state index in [1.807, 2.05) is 30.3 Å². The minimum atomic E-state index is -4.82. The van der Waals surface area contributed by atoms with E-state index < -0.39 is 89.1 Å². The summed E-state index contributed by atoms with van der Waals surface area (Å²) in [6.07, 6.45) is -8.63. The van der Waals surface area contributed by atoms with Gasteiger partial charge in [-0.25, -0.2) is 8.42 Å². The van der Waals surface area contributed by atoms with Gasteiger partial charge in [-0.1, -0.05) is 56.3 Å². The van der Waals surface area contributed by atoms with Crippen molar-refractivity contribution in [2.45, 2.75) is 83.1 Å². The molecule has 1 fully saturated rings. The fourth-order valence-corrected chi connectivity index (χ4v) is 6.91. The average Bonchev–Trinajstić information content (AvgIpc) is 2.96. The number of nitrogens with zero attached hydrogens (tertiary/aromatic N) is 1. The Morgan fingerprint density at radius 2 is 1.26 bits per heavy atom. The summed E-state index contributed by atoms with van der Waals surface area (Å²) in [6.45, 7) is 6.42. The summed E-state index contributed by atoms with van der Waals surface area (Å²) in [7, 11) is -4.82. The topological polar surface area (TPSA) is 189 Å². The highest BCUT2D eigenvalue weighted by molar-refractivity contribution is 7.89. The Kier molecular flexibility index (Phi) is 12.0. The molecule has 0 spiro atoms. The van der Waals surface area contributed by atoms with Crippen molar-refractivity contribution in [1.29, 1.82) is 0 Å². The molecule has 0 amide bonds. The van der Waals surface area contributed by atoms with Crippen LogP contribution in [0.2, 0.25) is 0 Å². The van der Waals surface area contributed by atoms with Gasteiger partial charge >= 0.3 is 29.8 Å². The first-order valence-electron chi connectivity index (χ1n) is 14.3. The van der Waals surface area contributed by atoms with Gasteiger partial charge in [0.15, 0.2) is 24.5 Å². The third-order valence-corrected chi connectivity index (χ3v) is 8.77. The monoisotopic (exact) mass is 663 g/mol. The molecular formula is C31H37NO13S. The third-order valence-electron chi connectivity index (χ3n) is 6.91. The van der Waals surface area contributed by atoms with E-state index in [2.05, 4.69) is 0 Å². The van der Waals surface area contributed by atoms with Gasteiger partial charge in [-0.2, -0.15) is 4.31 Å². The van der Waals surface area contributed by atoms with Crippen LogP contribution < -0.4 is 0 Å². The van der Waals surface area contributed by atoms with E-state index in [0.717, 1.165) is 33.3 Å². The van der Waals surface area contributed by atoms with Crippen LogP contribution in [-0.2, 0) is 57.7 Å². The lowest BCUT2D eigenvalue weighted by Gasteiger charge is -2.48. The Balaban J connectivity index is 2.28. The molecule has 1 aliphatic rings. The Hall–Kier alpha value is -4.34. The van der Waals surface area contributed by atoms with Gasteiger partial charge in [-0.15, -0.1) is 0 Å². The van der Waals surface area contributed by atoms with Gasteiger partial charge in [0, 0.05) is 27.7 Å². The molecule has 14 nitrogen and oxygen atoms in total. The van der Waals surface area contributed by atoms with Crippen LogP contribution in [0, 0.1) is 5.92 Å². The third kappa shape index (κ3) is 8.68. The first-order chi connectivity index (χ1) is 21.5. The Morgan fingerprint density at radius 3 is 1.74 bits per heavy atom. The lowest BCUT2D eigenvalue weighted by Crippen LogP contribution is -2.69. The van der Waals surface area contributed by atoms with Crippen LogP contribution in [0.15, 0.2) is 59.5 Å². The van der Waals surface area contributed by atoms with Gasteiger partial charge < -0.3 is 28.8 Å². The molecule has 0 bridgehead atoms. The van der Waals surface area contributed by atoms with Crippen molar-refractivity contribution in [1.82, 2.24) is 4.31 Å². The number of hydrogen-bond donors (Lipinski definition) is 1. The number of aliphatic carboxylic acids is 1. The lowest BCUT2D eigenvalue weighted by atomic mass is 9.95. The number of sulfonamides is 1. The molecule has 0 aromatic heterocycles. The Bertz CT molecular complexity index is 1530. The van der Waals surface area contributed by atoms with E-state index in [9.17, 15) is 37.5 Å². The number of benzene rings is 2. The van der Waals surface area contributed by atoms with Crippen LogP contribution in [0.3, 0.4) is 0 Å². The molecule has 0 saturated carbocycles. The van der Waals surface area contributed by atoms with Crippen LogP contribution in [0.1, 0.15) is 41.5 Å². The van der Waals surface area contributed by atoms with E-state index in [-0.39, 0.29) is 4.90 Å². The highest BCUT2D eigenvalue weighted by atomic mass is 32.2. The van der Waals surface area contributed by atoms with Crippen molar-refractivity contribution in [3.63, 3.8) is 0 Å². The zero-order valence-corrected chi connectivity index (χ0v) is 27.0. The molecular weight excluding hydrogens is 626 g/mol. The lowest BCUT2D eigenvalue weighted by molar-refractivity contribution is -0.272. The first kappa shape index (κ1) is 36.1. The first-order valence-corrected chi connectivity index (χ1v) is 15.7. The van der Waals surface area contributed by atoms with Crippen molar-refractivity contribution < 1.29 is 61.2 Å². The minimum absolute atomic E-state index is 0.327. The van der Waals surface area contributed by atoms with Gasteiger partial charge in [0.05, 0.1) is 4.90 Å². The molecule has 2 aromatic carbocycles. The van der Waals surface area contributed by atoms with Crippen LogP contribution >= 0.6 is 0 Å². The van der Waals surface area contributed by atoms with E-state index in [4.69, 9.17) is 23.7 Å². The van der Waals surface area contributed by atoms with Gasteiger partial charge in [0.2, 0.25) is 10.0 Å². The number of hydrogen-bond acceptors (Lipinski definition) is 12. The zero-order chi connectivity index (χ0) is 34.3. The van der Waals surface area contributed by atoms with Crippen LogP contribution in [0.4, 0.5) is 0 Å². The predicted octanol–water partition coefficient (Wildman–Crippen LogP) is 2.54. The molecule has 1 saturated heterocycles. The van der Waals surface area contributed by atoms with E-state index in [1.54, 1.807) is 12.1 Å². The predicted molar refractivity (Wildman–Crippen MR) is 159 cm³/mol. The van der Waals surface area contributed by atoms with Gasteiger partial charge in [0.1, 0.15) is 18.8 Å². The van der Waals surface area contributed by atoms with Crippen LogP contribution in [0.25, 0.3) is 11.1 Å². The van der Waals surface area contributed by atoms with Crippen molar-refractivity contribution in [2.75, 3.05) is 6.61 Å². The molecule has 0 unspecified atom stereocenters. The molecule has 1 N–H and O–H groups in total. The van der Waals surface area contributed by atoms with Crippen molar-refractivity contribution in [3.8, 4) is 11.1 Å². The molecule has 46 heavy (non-hydrogen) atoms. The molecule has 0 radical (unpaired) electrons. The second-order valence-electron chi connectivity index (χ2n) is 10.8. The van der Waals surface area contributed by atoms with Gasteiger partial charge in [-0.05, 0) is 29.2 Å². The van der Waals surface area contributed by atoms with Crippen molar-refractivity contribution in [3.05, 3.63) is 54.6 Å². The zero-order valence-electron chi connectivity index (χ0n) is 26.1. The Morgan fingerprint density at radius 1 is 0.761 bits per heavy atom. The second-order valence-corrected chi connectivity index (χ2v) is 12.7. The molecule has 0 aliphatic carbocycles. The summed E-state index contributed by atoms with van der Waals surface area (Å²) in [5, 5.41) is 10.3. The molecule has 1 heterocycles. The summed E-state index contributed by atoms with van der Waals surface area (Å²) >= 11 is 0. The molecule has 250 valence electrons.